The van der Waals surface area contributed by atoms with Crippen molar-refractivity contribution < 1.29 is 9.13 Å². The van der Waals surface area contributed by atoms with E-state index < -0.39 is 0 Å². The summed E-state index contributed by atoms with van der Waals surface area (Å²) in [6.45, 7) is 7.59. The maximum Gasteiger partial charge on any atom is 0.218 e. The second-order valence-corrected chi connectivity index (χ2v) is 5.77. The first-order chi connectivity index (χ1) is 8.43. The molecule has 1 aliphatic rings. The zero-order valence-electron chi connectivity index (χ0n) is 11.5. The molecule has 0 aromatic carbocycles. The van der Waals surface area contributed by atoms with Crippen LogP contribution in [0.25, 0.3) is 0 Å². The van der Waals surface area contributed by atoms with Crippen LogP contribution in [0.4, 0.5) is 4.39 Å². The van der Waals surface area contributed by atoms with E-state index in [9.17, 15) is 4.39 Å². The Bertz CT molecular complexity index is 428. The van der Waals surface area contributed by atoms with Gasteiger partial charge in [-0.25, -0.2) is 9.37 Å². The summed E-state index contributed by atoms with van der Waals surface area (Å²) in [5, 5.41) is 0. The lowest BCUT2D eigenvalue weighted by atomic mass is 10.00. The summed E-state index contributed by atoms with van der Waals surface area (Å²) in [6.07, 6.45) is 3.36. The van der Waals surface area contributed by atoms with Crippen LogP contribution in [0.2, 0.25) is 0 Å². The topological polar surface area (TPSA) is 25.4 Å². The second-order valence-electron chi connectivity index (χ2n) is 5.77. The first kappa shape index (κ1) is 13.3. The van der Waals surface area contributed by atoms with Crippen molar-refractivity contribution in [2.24, 2.45) is 0 Å². The molecule has 1 aromatic heterocycles. The number of halogens is 1. The molecule has 3 nitrogen and oxygen atoms in total. The highest BCUT2D eigenvalue weighted by molar-refractivity contribution is 5.30. The molecule has 0 saturated carbocycles. The SMILES string of the molecule is COc1ncc(F)cc1C1CCCN1C(C)(C)C. The van der Waals surface area contributed by atoms with Crippen molar-refractivity contribution in [2.45, 2.75) is 45.2 Å². The minimum Gasteiger partial charge on any atom is -0.481 e. The third-order valence-corrected chi connectivity index (χ3v) is 3.51. The van der Waals surface area contributed by atoms with Gasteiger partial charge in [0, 0.05) is 17.1 Å². The van der Waals surface area contributed by atoms with Crippen LogP contribution in [0.1, 0.15) is 45.2 Å². The molecule has 0 amide bonds. The van der Waals surface area contributed by atoms with Crippen LogP contribution in [0.3, 0.4) is 0 Å². The predicted molar refractivity (Wildman–Crippen MR) is 69.2 cm³/mol. The van der Waals surface area contributed by atoms with Gasteiger partial charge in [0.25, 0.3) is 0 Å². The lowest BCUT2D eigenvalue weighted by Crippen LogP contribution is -2.40. The van der Waals surface area contributed by atoms with Gasteiger partial charge >= 0.3 is 0 Å². The van der Waals surface area contributed by atoms with Gasteiger partial charge in [0.1, 0.15) is 5.82 Å². The van der Waals surface area contributed by atoms with Crippen LogP contribution in [-0.4, -0.2) is 29.1 Å². The summed E-state index contributed by atoms with van der Waals surface area (Å²) < 4.78 is 18.7. The van der Waals surface area contributed by atoms with Crippen LogP contribution >= 0.6 is 0 Å². The lowest BCUT2D eigenvalue weighted by Gasteiger charge is -2.37. The standard InChI is InChI=1S/C14H21FN2O/c1-14(2,3)17-7-5-6-12(17)11-8-10(15)9-16-13(11)18-4/h8-9,12H,5-7H2,1-4H3. The van der Waals surface area contributed by atoms with Gasteiger partial charge in [0.15, 0.2) is 0 Å². The highest BCUT2D eigenvalue weighted by Gasteiger charge is 2.35. The zero-order valence-corrected chi connectivity index (χ0v) is 11.5. The summed E-state index contributed by atoms with van der Waals surface area (Å²) in [5.41, 5.74) is 0.934. The molecule has 4 heteroatoms. The Hall–Kier alpha value is -1.16. The first-order valence-corrected chi connectivity index (χ1v) is 6.39. The van der Waals surface area contributed by atoms with Gasteiger partial charge in [-0.2, -0.15) is 0 Å². The molecule has 1 atom stereocenters. The molecule has 0 spiro atoms. The average Bonchev–Trinajstić information content (AvgIpc) is 2.77. The minimum atomic E-state index is -0.299. The van der Waals surface area contributed by atoms with E-state index in [1.54, 1.807) is 13.2 Å². The highest BCUT2D eigenvalue weighted by Crippen LogP contribution is 2.40. The second kappa shape index (κ2) is 4.84. The van der Waals surface area contributed by atoms with E-state index in [2.05, 4.69) is 30.7 Å². The average molecular weight is 252 g/mol. The van der Waals surface area contributed by atoms with E-state index in [0.29, 0.717) is 5.88 Å². The molecule has 1 unspecified atom stereocenters. The third-order valence-electron chi connectivity index (χ3n) is 3.51. The summed E-state index contributed by atoms with van der Waals surface area (Å²) in [7, 11) is 1.58. The van der Waals surface area contributed by atoms with E-state index in [4.69, 9.17) is 4.74 Å². The number of methoxy groups -OCH3 is 1. The molecule has 1 saturated heterocycles. The Labute approximate surface area is 108 Å². The van der Waals surface area contributed by atoms with Crippen molar-refractivity contribution in [1.29, 1.82) is 0 Å². The number of nitrogens with zero attached hydrogens (tertiary/aromatic N) is 2. The smallest absolute Gasteiger partial charge is 0.218 e. The Morgan fingerprint density at radius 3 is 2.78 bits per heavy atom. The van der Waals surface area contributed by atoms with E-state index in [1.165, 1.54) is 6.20 Å². The molecule has 1 fully saturated rings. The van der Waals surface area contributed by atoms with E-state index >= 15 is 0 Å². The van der Waals surface area contributed by atoms with Crippen molar-refractivity contribution in [2.75, 3.05) is 13.7 Å². The molecule has 1 aliphatic heterocycles. The Balaban J connectivity index is 2.38. The molecule has 0 N–H and O–H groups in total. The summed E-state index contributed by atoms with van der Waals surface area (Å²) in [4.78, 5) is 6.43. The van der Waals surface area contributed by atoms with Crippen LogP contribution < -0.4 is 4.74 Å². The van der Waals surface area contributed by atoms with Gasteiger partial charge in [-0.3, -0.25) is 4.90 Å². The van der Waals surface area contributed by atoms with Crippen molar-refractivity contribution in [3.05, 3.63) is 23.6 Å². The lowest BCUT2D eigenvalue weighted by molar-refractivity contribution is 0.119. The third kappa shape index (κ3) is 2.48. The molecule has 100 valence electrons. The largest absolute Gasteiger partial charge is 0.481 e. The van der Waals surface area contributed by atoms with Gasteiger partial charge in [0.05, 0.1) is 13.3 Å². The van der Waals surface area contributed by atoms with Crippen molar-refractivity contribution in [3.8, 4) is 5.88 Å². The van der Waals surface area contributed by atoms with Crippen LogP contribution in [-0.2, 0) is 0 Å². The molecule has 2 rings (SSSR count). The van der Waals surface area contributed by atoms with Crippen LogP contribution in [0.5, 0.6) is 5.88 Å². The Morgan fingerprint density at radius 2 is 2.17 bits per heavy atom. The zero-order chi connectivity index (χ0) is 13.3. The Morgan fingerprint density at radius 1 is 1.44 bits per heavy atom. The normalized spacial score (nSPS) is 21.3. The van der Waals surface area contributed by atoms with E-state index in [1.807, 2.05) is 0 Å². The van der Waals surface area contributed by atoms with Crippen LogP contribution in [0, 0.1) is 5.82 Å². The quantitative estimate of drug-likeness (QED) is 0.808. The predicted octanol–water partition coefficient (Wildman–Crippen LogP) is 3.16. The summed E-state index contributed by atoms with van der Waals surface area (Å²) in [5.74, 6) is 0.240. The minimum absolute atomic E-state index is 0.0680. The van der Waals surface area contributed by atoms with E-state index in [0.717, 1.165) is 24.9 Å². The van der Waals surface area contributed by atoms with Gasteiger partial charge < -0.3 is 4.74 Å². The number of pyridine rings is 1. The summed E-state index contributed by atoms with van der Waals surface area (Å²) in [6, 6.07) is 1.75. The van der Waals surface area contributed by atoms with Gasteiger partial charge in [-0.05, 0) is 46.2 Å². The van der Waals surface area contributed by atoms with Crippen molar-refractivity contribution >= 4 is 0 Å². The van der Waals surface area contributed by atoms with E-state index in [-0.39, 0.29) is 17.4 Å². The Kier molecular flexibility index (Phi) is 3.57. The number of hydrogen-bond donors (Lipinski definition) is 0. The van der Waals surface area contributed by atoms with Crippen molar-refractivity contribution in [1.82, 2.24) is 9.88 Å². The number of ether oxygens (including phenoxy) is 1. The number of likely N-dealkylation sites (tertiary alicyclic amines) is 1. The number of rotatable bonds is 2. The van der Waals surface area contributed by atoms with Crippen LogP contribution in [0.15, 0.2) is 12.3 Å². The fourth-order valence-corrected chi connectivity index (χ4v) is 2.74. The highest BCUT2D eigenvalue weighted by atomic mass is 19.1. The molecular weight excluding hydrogens is 231 g/mol. The first-order valence-electron chi connectivity index (χ1n) is 6.39. The molecule has 18 heavy (non-hydrogen) atoms. The van der Waals surface area contributed by atoms with Gasteiger partial charge in [-0.15, -0.1) is 0 Å². The summed E-state index contributed by atoms with van der Waals surface area (Å²) >= 11 is 0. The molecular formula is C14H21FN2O. The fraction of sp³-hybridized carbons (Fsp3) is 0.643. The molecule has 1 aromatic rings. The molecule has 0 bridgehead atoms. The molecule has 0 aliphatic carbocycles. The number of aromatic nitrogens is 1. The van der Waals surface area contributed by atoms with Gasteiger partial charge in [-0.1, -0.05) is 0 Å². The molecule has 0 radical (unpaired) electrons. The fourth-order valence-electron chi connectivity index (χ4n) is 2.74. The molecule has 2 heterocycles. The maximum absolute atomic E-state index is 13.4. The number of hydrogen-bond acceptors (Lipinski definition) is 3. The van der Waals surface area contributed by atoms with Gasteiger partial charge in [0.2, 0.25) is 5.88 Å². The maximum atomic E-state index is 13.4. The van der Waals surface area contributed by atoms with Crippen molar-refractivity contribution in [3.63, 3.8) is 0 Å². The monoisotopic (exact) mass is 252 g/mol.